The fourth-order valence-corrected chi connectivity index (χ4v) is 3.28. The predicted molar refractivity (Wildman–Crippen MR) is 70.5 cm³/mol. The van der Waals surface area contributed by atoms with E-state index in [9.17, 15) is 0 Å². The van der Waals surface area contributed by atoms with Crippen molar-refractivity contribution in [3.63, 3.8) is 0 Å². The van der Waals surface area contributed by atoms with Gasteiger partial charge in [-0.15, -0.1) is 0 Å². The van der Waals surface area contributed by atoms with Gasteiger partial charge in [0.1, 0.15) is 0 Å². The number of hydrogen-bond donors (Lipinski definition) is 1. The SMILES string of the molecule is CCNC1CCC(C)c2c(Cl)cc(Cl)cc21. The van der Waals surface area contributed by atoms with Crippen LogP contribution in [0.25, 0.3) is 0 Å². The Balaban J connectivity index is 2.47. The first-order valence-electron chi connectivity index (χ1n) is 5.85. The highest BCUT2D eigenvalue weighted by atomic mass is 35.5. The Kier molecular flexibility index (Phi) is 3.78. The van der Waals surface area contributed by atoms with Crippen molar-refractivity contribution in [3.05, 3.63) is 33.3 Å². The molecule has 2 rings (SSSR count). The molecule has 1 aromatic rings. The highest BCUT2D eigenvalue weighted by molar-refractivity contribution is 6.35. The van der Waals surface area contributed by atoms with E-state index in [0.29, 0.717) is 12.0 Å². The Hall–Kier alpha value is -0.240. The Labute approximate surface area is 107 Å². The zero-order valence-electron chi connectivity index (χ0n) is 9.69. The summed E-state index contributed by atoms with van der Waals surface area (Å²) in [7, 11) is 0. The van der Waals surface area contributed by atoms with Crippen molar-refractivity contribution in [2.75, 3.05) is 6.54 Å². The van der Waals surface area contributed by atoms with Crippen LogP contribution in [0.5, 0.6) is 0 Å². The molecule has 0 saturated carbocycles. The average molecular weight is 258 g/mol. The maximum absolute atomic E-state index is 6.30. The van der Waals surface area contributed by atoms with Crippen molar-refractivity contribution in [3.8, 4) is 0 Å². The molecular formula is C13H17Cl2N. The van der Waals surface area contributed by atoms with Crippen molar-refractivity contribution in [2.45, 2.75) is 38.6 Å². The van der Waals surface area contributed by atoms with Crippen molar-refractivity contribution in [1.29, 1.82) is 0 Å². The number of halogens is 2. The van der Waals surface area contributed by atoms with Gasteiger partial charge in [-0.1, -0.05) is 37.0 Å². The first-order chi connectivity index (χ1) is 7.63. The molecule has 88 valence electrons. The van der Waals surface area contributed by atoms with Crippen molar-refractivity contribution in [1.82, 2.24) is 5.32 Å². The van der Waals surface area contributed by atoms with E-state index in [-0.39, 0.29) is 0 Å². The van der Waals surface area contributed by atoms with E-state index in [0.717, 1.165) is 16.6 Å². The second kappa shape index (κ2) is 4.95. The van der Waals surface area contributed by atoms with Gasteiger partial charge < -0.3 is 5.32 Å². The second-order valence-electron chi connectivity index (χ2n) is 4.48. The molecule has 0 heterocycles. The Morgan fingerprint density at radius 2 is 2.06 bits per heavy atom. The largest absolute Gasteiger partial charge is 0.310 e. The molecule has 0 radical (unpaired) electrons. The molecular weight excluding hydrogens is 241 g/mol. The molecule has 1 aliphatic rings. The minimum atomic E-state index is 0.410. The van der Waals surface area contributed by atoms with E-state index in [1.807, 2.05) is 6.07 Å². The summed E-state index contributed by atoms with van der Waals surface area (Å²) in [5.74, 6) is 0.537. The molecule has 0 fully saturated rings. The molecule has 1 aliphatic carbocycles. The summed E-state index contributed by atoms with van der Waals surface area (Å²) in [6, 6.07) is 4.32. The lowest BCUT2D eigenvalue weighted by molar-refractivity contribution is 0.441. The first kappa shape index (κ1) is 12.2. The van der Waals surface area contributed by atoms with Crippen molar-refractivity contribution in [2.24, 2.45) is 0 Å². The van der Waals surface area contributed by atoms with Crippen molar-refractivity contribution >= 4 is 23.2 Å². The van der Waals surface area contributed by atoms with Gasteiger partial charge in [0.05, 0.1) is 0 Å². The molecule has 0 amide bonds. The number of nitrogens with one attached hydrogen (secondary N) is 1. The lowest BCUT2D eigenvalue weighted by atomic mass is 9.81. The maximum Gasteiger partial charge on any atom is 0.0458 e. The average Bonchev–Trinajstić information content (AvgIpc) is 2.21. The minimum absolute atomic E-state index is 0.410. The van der Waals surface area contributed by atoms with Gasteiger partial charge in [-0.25, -0.2) is 0 Å². The smallest absolute Gasteiger partial charge is 0.0458 e. The van der Waals surface area contributed by atoms with Gasteiger partial charge in [-0.3, -0.25) is 0 Å². The van der Waals surface area contributed by atoms with Gasteiger partial charge in [0.25, 0.3) is 0 Å². The Morgan fingerprint density at radius 3 is 2.75 bits per heavy atom. The molecule has 2 atom stereocenters. The van der Waals surface area contributed by atoms with Crippen LogP contribution in [0.1, 0.15) is 49.8 Å². The molecule has 0 bridgehead atoms. The van der Waals surface area contributed by atoms with Gasteiger partial charge in [-0.2, -0.15) is 0 Å². The van der Waals surface area contributed by atoms with Crippen LogP contribution in [0.2, 0.25) is 10.0 Å². The summed E-state index contributed by atoms with van der Waals surface area (Å²) < 4.78 is 0. The van der Waals surface area contributed by atoms with Crippen LogP contribution < -0.4 is 5.32 Å². The van der Waals surface area contributed by atoms with Crippen molar-refractivity contribution < 1.29 is 0 Å². The quantitative estimate of drug-likeness (QED) is 0.821. The lowest BCUT2D eigenvalue weighted by Crippen LogP contribution is -2.26. The van der Waals surface area contributed by atoms with Crippen LogP contribution in [0, 0.1) is 0 Å². The topological polar surface area (TPSA) is 12.0 Å². The summed E-state index contributed by atoms with van der Waals surface area (Å²) in [5, 5.41) is 5.05. The fourth-order valence-electron chi connectivity index (χ4n) is 2.59. The third kappa shape index (κ3) is 2.22. The molecule has 2 unspecified atom stereocenters. The van der Waals surface area contributed by atoms with Gasteiger partial charge in [0, 0.05) is 16.1 Å². The van der Waals surface area contributed by atoms with Crippen LogP contribution in [0.4, 0.5) is 0 Å². The lowest BCUT2D eigenvalue weighted by Gasteiger charge is -2.31. The summed E-state index contributed by atoms with van der Waals surface area (Å²) in [6.07, 6.45) is 2.35. The monoisotopic (exact) mass is 257 g/mol. The molecule has 0 saturated heterocycles. The number of benzene rings is 1. The van der Waals surface area contributed by atoms with Crippen LogP contribution in [-0.4, -0.2) is 6.54 Å². The molecule has 0 spiro atoms. The second-order valence-corrected chi connectivity index (χ2v) is 5.32. The van der Waals surface area contributed by atoms with Crippen LogP contribution in [0.3, 0.4) is 0 Å². The molecule has 16 heavy (non-hydrogen) atoms. The zero-order chi connectivity index (χ0) is 11.7. The normalized spacial score (nSPS) is 24.2. The van der Waals surface area contributed by atoms with Gasteiger partial charge in [0.2, 0.25) is 0 Å². The summed E-state index contributed by atoms with van der Waals surface area (Å²) >= 11 is 12.4. The Bertz CT molecular complexity index is 390. The number of hydrogen-bond acceptors (Lipinski definition) is 1. The van der Waals surface area contributed by atoms with Gasteiger partial charge in [-0.05, 0) is 48.6 Å². The fraction of sp³-hybridized carbons (Fsp3) is 0.538. The Morgan fingerprint density at radius 1 is 1.31 bits per heavy atom. The van der Waals surface area contributed by atoms with E-state index in [1.54, 1.807) is 0 Å². The molecule has 3 heteroatoms. The van der Waals surface area contributed by atoms with E-state index >= 15 is 0 Å². The molecule has 1 aromatic carbocycles. The predicted octanol–water partition coefficient (Wildman–Crippen LogP) is 4.54. The summed E-state index contributed by atoms with van der Waals surface area (Å²) in [4.78, 5) is 0. The number of rotatable bonds is 2. The summed E-state index contributed by atoms with van der Waals surface area (Å²) in [6.45, 7) is 5.34. The molecule has 1 N–H and O–H groups in total. The summed E-state index contributed by atoms with van der Waals surface area (Å²) in [5.41, 5.74) is 2.57. The highest BCUT2D eigenvalue weighted by Crippen LogP contribution is 2.42. The van der Waals surface area contributed by atoms with E-state index in [1.165, 1.54) is 24.0 Å². The van der Waals surface area contributed by atoms with E-state index in [2.05, 4.69) is 25.2 Å². The molecule has 1 nitrogen and oxygen atoms in total. The minimum Gasteiger partial charge on any atom is -0.310 e. The number of fused-ring (bicyclic) bond motifs is 1. The molecule has 0 aromatic heterocycles. The van der Waals surface area contributed by atoms with Crippen LogP contribution >= 0.6 is 23.2 Å². The third-order valence-corrected chi connectivity index (χ3v) is 3.86. The zero-order valence-corrected chi connectivity index (χ0v) is 11.2. The van der Waals surface area contributed by atoms with E-state index in [4.69, 9.17) is 23.2 Å². The van der Waals surface area contributed by atoms with Crippen LogP contribution in [0.15, 0.2) is 12.1 Å². The van der Waals surface area contributed by atoms with Crippen LogP contribution in [-0.2, 0) is 0 Å². The standard InChI is InChI=1S/C13H17Cl2N/c1-3-16-12-5-4-8(2)13-10(12)6-9(14)7-11(13)15/h6-8,12,16H,3-5H2,1-2H3. The molecule has 0 aliphatic heterocycles. The highest BCUT2D eigenvalue weighted by Gasteiger charge is 2.26. The maximum atomic E-state index is 6.30. The van der Waals surface area contributed by atoms with Gasteiger partial charge >= 0.3 is 0 Å². The first-order valence-corrected chi connectivity index (χ1v) is 6.61. The van der Waals surface area contributed by atoms with E-state index < -0.39 is 0 Å². The third-order valence-electron chi connectivity index (χ3n) is 3.33. The van der Waals surface area contributed by atoms with Gasteiger partial charge in [0.15, 0.2) is 0 Å².